The molecule has 0 amide bonds. The van der Waals surface area contributed by atoms with Crippen molar-refractivity contribution in [2.75, 3.05) is 25.0 Å². The topological polar surface area (TPSA) is 39.1 Å². The highest BCUT2D eigenvalue weighted by molar-refractivity contribution is 5.49. The highest BCUT2D eigenvalue weighted by Gasteiger charge is 2.19. The van der Waals surface area contributed by atoms with E-state index in [-0.39, 0.29) is 5.82 Å². The summed E-state index contributed by atoms with van der Waals surface area (Å²) in [4.78, 5) is 2.33. The maximum atomic E-state index is 13.8. The fraction of sp³-hybridized carbons (Fsp3) is 0.400. The summed E-state index contributed by atoms with van der Waals surface area (Å²) < 4.78 is 13.8. The van der Waals surface area contributed by atoms with Crippen molar-refractivity contribution in [2.24, 2.45) is 0 Å². The minimum Gasteiger partial charge on any atom is -0.380 e. The first kappa shape index (κ1) is 13.6. The number of hydrogen-bond acceptors (Lipinski definition) is 3. The molecule has 3 nitrogen and oxygen atoms in total. The molecular weight excluding hydrogens is 241 g/mol. The van der Waals surface area contributed by atoms with Gasteiger partial charge in [0.15, 0.2) is 0 Å². The average Bonchev–Trinajstić information content (AvgIpc) is 2.43. The molecule has 0 unspecified atom stereocenters. The number of halogens is 1. The Morgan fingerprint density at radius 1 is 1.47 bits per heavy atom. The largest absolute Gasteiger partial charge is 0.380 e. The molecule has 1 aromatic carbocycles. The predicted molar refractivity (Wildman–Crippen MR) is 74.4 cm³/mol. The van der Waals surface area contributed by atoms with Crippen LogP contribution < -0.4 is 5.32 Å². The molecule has 0 spiro atoms. The lowest BCUT2D eigenvalue weighted by atomic mass is 10.0. The number of nitrogens with one attached hydrogen (secondary N) is 1. The second kappa shape index (κ2) is 6.35. The molecule has 1 heterocycles. The first-order valence-corrected chi connectivity index (χ1v) is 6.52. The van der Waals surface area contributed by atoms with E-state index in [0.29, 0.717) is 17.3 Å². The molecule has 4 heteroatoms. The zero-order chi connectivity index (χ0) is 13.7. The molecule has 1 aliphatic heterocycles. The lowest BCUT2D eigenvalue weighted by molar-refractivity contribution is 0.240. The monoisotopic (exact) mass is 259 g/mol. The Labute approximate surface area is 113 Å². The number of anilines is 1. The molecule has 0 aromatic heterocycles. The van der Waals surface area contributed by atoms with Gasteiger partial charge in [-0.25, -0.2) is 4.39 Å². The van der Waals surface area contributed by atoms with Gasteiger partial charge in [0.25, 0.3) is 0 Å². The van der Waals surface area contributed by atoms with Gasteiger partial charge in [0.2, 0.25) is 0 Å². The number of likely N-dealkylation sites (tertiary alicyclic amines) is 1. The van der Waals surface area contributed by atoms with Crippen molar-refractivity contribution in [2.45, 2.75) is 18.9 Å². The molecule has 100 valence electrons. The van der Waals surface area contributed by atoms with Crippen molar-refractivity contribution in [1.82, 2.24) is 4.90 Å². The summed E-state index contributed by atoms with van der Waals surface area (Å²) in [6.07, 6.45) is 3.90. The van der Waals surface area contributed by atoms with Gasteiger partial charge in [-0.3, -0.25) is 4.90 Å². The standard InChI is InChI=1S/C15H18FN3/c1-2-7-19-8-5-13(6-9-19)18-15-4-3-12(11-17)10-14(15)16/h2-4,10,13,18H,1,5-9H2. The molecule has 1 N–H and O–H groups in total. The minimum absolute atomic E-state index is 0.295. The van der Waals surface area contributed by atoms with Gasteiger partial charge < -0.3 is 5.32 Å². The van der Waals surface area contributed by atoms with Gasteiger partial charge in [-0.2, -0.15) is 5.26 Å². The Bertz CT molecular complexity index is 485. The summed E-state index contributed by atoms with van der Waals surface area (Å²) >= 11 is 0. The maximum Gasteiger partial charge on any atom is 0.147 e. The number of nitriles is 1. The van der Waals surface area contributed by atoms with Crippen LogP contribution in [0.3, 0.4) is 0 Å². The summed E-state index contributed by atoms with van der Waals surface area (Å²) in [5.41, 5.74) is 0.838. The van der Waals surface area contributed by atoms with E-state index in [1.807, 2.05) is 12.1 Å². The minimum atomic E-state index is -0.354. The third-order valence-electron chi connectivity index (χ3n) is 3.43. The molecule has 1 aliphatic rings. The van der Waals surface area contributed by atoms with E-state index < -0.39 is 0 Å². The van der Waals surface area contributed by atoms with Crippen LogP contribution in [-0.2, 0) is 0 Å². The van der Waals surface area contributed by atoms with E-state index in [9.17, 15) is 4.39 Å². The van der Waals surface area contributed by atoms with Crippen LogP contribution in [0.5, 0.6) is 0 Å². The van der Waals surface area contributed by atoms with Gasteiger partial charge in [0.05, 0.1) is 17.3 Å². The summed E-state index contributed by atoms with van der Waals surface area (Å²) in [7, 11) is 0. The fourth-order valence-electron chi connectivity index (χ4n) is 2.36. The summed E-state index contributed by atoms with van der Waals surface area (Å²) in [5.74, 6) is -0.354. The number of hydrogen-bond donors (Lipinski definition) is 1. The van der Waals surface area contributed by atoms with Crippen molar-refractivity contribution in [3.8, 4) is 6.07 Å². The molecule has 0 aliphatic carbocycles. The van der Waals surface area contributed by atoms with Gasteiger partial charge in [-0.15, -0.1) is 6.58 Å². The molecule has 1 saturated heterocycles. The van der Waals surface area contributed by atoms with Crippen LogP contribution in [0.25, 0.3) is 0 Å². The van der Waals surface area contributed by atoms with Gasteiger partial charge >= 0.3 is 0 Å². The molecule has 0 bridgehead atoms. The Hall–Kier alpha value is -1.86. The summed E-state index contributed by atoms with van der Waals surface area (Å²) in [6.45, 7) is 6.65. The van der Waals surface area contributed by atoms with Crippen LogP contribution in [-0.4, -0.2) is 30.6 Å². The SMILES string of the molecule is C=CCN1CCC(Nc2ccc(C#N)cc2F)CC1. The molecular formula is C15H18FN3. The Morgan fingerprint density at radius 2 is 2.21 bits per heavy atom. The van der Waals surface area contributed by atoms with Crippen LogP contribution in [0.15, 0.2) is 30.9 Å². The molecule has 0 radical (unpaired) electrons. The van der Waals surface area contributed by atoms with E-state index in [2.05, 4.69) is 16.8 Å². The highest BCUT2D eigenvalue weighted by Crippen LogP contribution is 2.20. The van der Waals surface area contributed by atoms with Gasteiger partial charge in [-0.05, 0) is 31.0 Å². The Kier molecular flexibility index (Phi) is 4.53. The third kappa shape index (κ3) is 3.55. The molecule has 0 saturated carbocycles. The molecule has 0 atom stereocenters. The second-order valence-electron chi connectivity index (χ2n) is 4.81. The van der Waals surface area contributed by atoms with Crippen molar-refractivity contribution in [3.63, 3.8) is 0 Å². The van der Waals surface area contributed by atoms with Gasteiger partial charge in [0.1, 0.15) is 5.82 Å². The van der Waals surface area contributed by atoms with Crippen molar-refractivity contribution < 1.29 is 4.39 Å². The predicted octanol–water partition coefficient (Wildman–Crippen LogP) is 2.76. The zero-order valence-electron chi connectivity index (χ0n) is 10.9. The molecule has 1 fully saturated rings. The van der Waals surface area contributed by atoms with Crippen LogP contribution >= 0.6 is 0 Å². The smallest absolute Gasteiger partial charge is 0.147 e. The van der Waals surface area contributed by atoms with Crippen LogP contribution in [0.4, 0.5) is 10.1 Å². The lowest BCUT2D eigenvalue weighted by Gasteiger charge is -2.32. The van der Waals surface area contributed by atoms with E-state index in [1.165, 1.54) is 6.07 Å². The van der Waals surface area contributed by atoms with Crippen LogP contribution in [0.1, 0.15) is 18.4 Å². The Morgan fingerprint density at radius 3 is 2.79 bits per heavy atom. The van der Waals surface area contributed by atoms with E-state index in [1.54, 1.807) is 12.1 Å². The number of piperidine rings is 1. The van der Waals surface area contributed by atoms with Crippen molar-refractivity contribution in [1.29, 1.82) is 5.26 Å². The zero-order valence-corrected chi connectivity index (χ0v) is 10.9. The van der Waals surface area contributed by atoms with Crippen LogP contribution in [0.2, 0.25) is 0 Å². The maximum absolute atomic E-state index is 13.8. The number of benzene rings is 1. The quantitative estimate of drug-likeness (QED) is 0.845. The van der Waals surface area contributed by atoms with E-state index in [0.717, 1.165) is 32.5 Å². The molecule has 2 rings (SSSR count). The highest BCUT2D eigenvalue weighted by atomic mass is 19.1. The third-order valence-corrected chi connectivity index (χ3v) is 3.43. The molecule has 19 heavy (non-hydrogen) atoms. The lowest BCUT2D eigenvalue weighted by Crippen LogP contribution is -2.39. The fourth-order valence-corrected chi connectivity index (χ4v) is 2.36. The summed E-state index contributed by atoms with van der Waals surface area (Å²) in [6, 6.07) is 6.78. The Balaban J connectivity index is 1.92. The van der Waals surface area contributed by atoms with E-state index in [4.69, 9.17) is 5.26 Å². The van der Waals surface area contributed by atoms with Crippen molar-refractivity contribution in [3.05, 3.63) is 42.2 Å². The molecule has 1 aromatic rings. The number of rotatable bonds is 4. The summed E-state index contributed by atoms with van der Waals surface area (Å²) in [5, 5.41) is 11.9. The van der Waals surface area contributed by atoms with Gasteiger partial charge in [0, 0.05) is 25.7 Å². The number of nitrogens with zero attached hydrogens (tertiary/aromatic N) is 2. The first-order valence-electron chi connectivity index (χ1n) is 6.52. The average molecular weight is 259 g/mol. The van der Waals surface area contributed by atoms with Crippen LogP contribution in [0, 0.1) is 17.1 Å². The van der Waals surface area contributed by atoms with Crippen molar-refractivity contribution >= 4 is 5.69 Å². The normalized spacial score (nSPS) is 16.8. The second-order valence-corrected chi connectivity index (χ2v) is 4.81. The van der Waals surface area contributed by atoms with E-state index >= 15 is 0 Å². The first-order chi connectivity index (χ1) is 9.22. The van der Waals surface area contributed by atoms with Gasteiger partial charge in [-0.1, -0.05) is 6.08 Å².